The van der Waals surface area contributed by atoms with E-state index in [0.717, 1.165) is 16.7 Å². The molecule has 1 aromatic carbocycles. The summed E-state index contributed by atoms with van der Waals surface area (Å²) in [6.45, 7) is 5.70. The van der Waals surface area contributed by atoms with Gasteiger partial charge in [-0.1, -0.05) is 6.92 Å². The molecule has 1 fully saturated rings. The van der Waals surface area contributed by atoms with Crippen LogP contribution in [0.4, 0.5) is 11.4 Å². The molecule has 2 rings (SSSR count). The van der Waals surface area contributed by atoms with E-state index in [1.807, 2.05) is 12.1 Å². The van der Waals surface area contributed by atoms with Gasteiger partial charge in [0.1, 0.15) is 0 Å². The molecule has 88 valence electrons. The standard InChI is InChI=1S/C12H17BrN2S/c1-8-9(2)16-6-5-15(8)12-4-3-10(14)7-11(12)13/h3-4,7-9H,5-6,14H2,1-2H3. The van der Waals surface area contributed by atoms with Gasteiger partial charge in [0.25, 0.3) is 0 Å². The first-order valence-corrected chi connectivity index (χ1v) is 7.37. The highest BCUT2D eigenvalue weighted by Crippen LogP contribution is 2.34. The molecular weight excluding hydrogens is 284 g/mol. The molecule has 16 heavy (non-hydrogen) atoms. The molecule has 1 aromatic rings. The van der Waals surface area contributed by atoms with Gasteiger partial charge in [-0.15, -0.1) is 0 Å². The fourth-order valence-electron chi connectivity index (χ4n) is 2.03. The van der Waals surface area contributed by atoms with Crippen LogP contribution in [0.2, 0.25) is 0 Å². The predicted octanol–water partition coefficient (Wildman–Crippen LogP) is 3.36. The van der Waals surface area contributed by atoms with E-state index in [0.29, 0.717) is 11.3 Å². The van der Waals surface area contributed by atoms with Gasteiger partial charge < -0.3 is 10.6 Å². The van der Waals surface area contributed by atoms with E-state index in [1.54, 1.807) is 0 Å². The summed E-state index contributed by atoms with van der Waals surface area (Å²) in [5.74, 6) is 1.20. The van der Waals surface area contributed by atoms with Gasteiger partial charge in [0.2, 0.25) is 0 Å². The van der Waals surface area contributed by atoms with Gasteiger partial charge in [-0.05, 0) is 41.1 Å². The average Bonchev–Trinajstić information content (AvgIpc) is 2.23. The second-order valence-corrected chi connectivity index (χ2v) is 6.56. The van der Waals surface area contributed by atoms with Gasteiger partial charge in [0.15, 0.2) is 0 Å². The number of benzene rings is 1. The minimum atomic E-state index is 0.568. The zero-order valence-electron chi connectivity index (χ0n) is 9.61. The van der Waals surface area contributed by atoms with Crippen LogP contribution >= 0.6 is 27.7 Å². The number of nitrogen functional groups attached to an aromatic ring is 1. The number of hydrogen-bond donors (Lipinski definition) is 1. The lowest BCUT2D eigenvalue weighted by Gasteiger charge is -2.39. The van der Waals surface area contributed by atoms with E-state index in [-0.39, 0.29) is 0 Å². The summed E-state index contributed by atoms with van der Waals surface area (Å²) in [6, 6.07) is 6.63. The highest BCUT2D eigenvalue weighted by Gasteiger charge is 2.26. The fourth-order valence-corrected chi connectivity index (χ4v) is 3.75. The minimum Gasteiger partial charge on any atom is -0.399 e. The van der Waals surface area contributed by atoms with Crippen LogP contribution in [0, 0.1) is 0 Å². The van der Waals surface area contributed by atoms with Crippen LogP contribution in [0.15, 0.2) is 22.7 Å². The Balaban J connectivity index is 2.29. The Morgan fingerprint density at radius 1 is 1.44 bits per heavy atom. The van der Waals surface area contributed by atoms with E-state index in [4.69, 9.17) is 5.73 Å². The Labute approximate surface area is 110 Å². The average molecular weight is 301 g/mol. The number of halogens is 1. The topological polar surface area (TPSA) is 29.3 Å². The predicted molar refractivity (Wildman–Crippen MR) is 77.3 cm³/mol. The summed E-state index contributed by atoms with van der Waals surface area (Å²) in [6.07, 6.45) is 0. The van der Waals surface area contributed by atoms with Crippen LogP contribution in [-0.4, -0.2) is 23.6 Å². The van der Waals surface area contributed by atoms with Crippen LogP contribution in [0.1, 0.15) is 13.8 Å². The Morgan fingerprint density at radius 3 is 2.88 bits per heavy atom. The lowest BCUT2D eigenvalue weighted by Crippen LogP contribution is -2.44. The van der Waals surface area contributed by atoms with E-state index >= 15 is 0 Å². The van der Waals surface area contributed by atoms with Gasteiger partial charge in [-0.25, -0.2) is 0 Å². The summed E-state index contributed by atoms with van der Waals surface area (Å²) >= 11 is 5.65. The highest BCUT2D eigenvalue weighted by atomic mass is 79.9. The van der Waals surface area contributed by atoms with Gasteiger partial charge >= 0.3 is 0 Å². The molecular formula is C12H17BrN2S. The van der Waals surface area contributed by atoms with Crippen LogP contribution in [0.3, 0.4) is 0 Å². The van der Waals surface area contributed by atoms with E-state index in [2.05, 4.69) is 52.5 Å². The molecule has 1 saturated heterocycles. The minimum absolute atomic E-state index is 0.568. The molecule has 2 unspecified atom stereocenters. The molecule has 2 nitrogen and oxygen atoms in total. The number of thioether (sulfide) groups is 1. The Kier molecular flexibility index (Phi) is 3.70. The van der Waals surface area contributed by atoms with Crippen molar-refractivity contribution >= 4 is 39.1 Å². The molecule has 0 amide bonds. The number of rotatable bonds is 1. The molecule has 0 radical (unpaired) electrons. The first-order chi connectivity index (χ1) is 7.59. The molecule has 0 aromatic heterocycles. The monoisotopic (exact) mass is 300 g/mol. The molecule has 0 aliphatic carbocycles. The second kappa shape index (κ2) is 4.88. The third kappa shape index (κ3) is 2.33. The van der Waals surface area contributed by atoms with Gasteiger partial charge in [0, 0.05) is 33.7 Å². The molecule has 1 aliphatic rings. The van der Waals surface area contributed by atoms with Crippen LogP contribution in [0.5, 0.6) is 0 Å². The largest absolute Gasteiger partial charge is 0.399 e. The number of nitrogens with zero attached hydrogens (tertiary/aromatic N) is 1. The van der Waals surface area contributed by atoms with Crippen LogP contribution in [0.25, 0.3) is 0 Å². The molecule has 2 N–H and O–H groups in total. The lowest BCUT2D eigenvalue weighted by atomic mass is 10.1. The maximum atomic E-state index is 5.77. The SMILES string of the molecule is CC1SCCN(c2ccc(N)cc2Br)C1C. The van der Waals surface area contributed by atoms with Crippen molar-refractivity contribution < 1.29 is 0 Å². The highest BCUT2D eigenvalue weighted by molar-refractivity contribution is 9.10. The summed E-state index contributed by atoms with van der Waals surface area (Å²) < 4.78 is 1.10. The summed E-state index contributed by atoms with van der Waals surface area (Å²) in [7, 11) is 0. The summed E-state index contributed by atoms with van der Waals surface area (Å²) in [5, 5.41) is 0.679. The summed E-state index contributed by atoms with van der Waals surface area (Å²) in [4.78, 5) is 2.46. The van der Waals surface area contributed by atoms with Crippen molar-refractivity contribution in [1.82, 2.24) is 0 Å². The molecule has 0 saturated carbocycles. The van der Waals surface area contributed by atoms with Gasteiger partial charge in [0.05, 0.1) is 5.69 Å². The normalized spacial score (nSPS) is 25.8. The third-order valence-corrected chi connectivity index (χ3v) is 5.14. The van der Waals surface area contributed by atoms with Crippen molar-refractivity contribution in [3.63, 3.8) is 0 Å². The molecule has 4 heteroatoms. The van der Waals surface area contributed by atoms with Gasteiger partial charge in [-0.2, -0.15) is 11.8 Å². The molecule has 0 bridgehead atoms. The van der Waals surface area contributed by atoms with Crippen molar-refractivity contribution in [2.24, 2.45) is 0 Å². The first kappa shape index (κ1) is 12.1. The van der Waals surface area contributed by atoms with Crippen LogP contribution in [-0.2, 0) is 0 Å². The van der Waals surface area contributed by atoms with Crippen molar-refractivity contribution in [3.8, 4) is 0 Å². The van der Waals surface area contributed by atoms with E-state index < -0.39 is 0 Å². The maximum absolute atomic E-state index is 5.77. The Bertz CT molecular complexity index is 383. The van der Waals surface area contributed by atoms with Crippen molar-refractivity contribution in [2.75, 3.05) is 22.9 Å². The molecule has 1 heterocycles. The molecule has 0 spiro atoms. The smallest absolute Gasteiger partial charge is 0.0515 e. The fraction of sp³-hybridized carbons (Fsp3) is 0.500. The Morgan fingerprint density at radius 2 is 2.19 bits per heavy atom. The van der Waals surface area contributed by atoms with Crippen LogP contribution < -0.4 is 10.6 Å². The number of hydrogen-bond acceptors (Lipinski definition) is 3. The van der Waals surface area contributed by atoms with Gasteiger partial charge in [-0.3, -0.25) is 0 Å². The molecule has 1 aliphatic heterocycles. The lowest BCUT2D eigenvalue weighted by molar-refractivity contribution is 0.626. The van der Waals surface area contributed by atoms with Crippen molar-refractivity contribution in [2.45, 2.75) is 25.1 Å². The van der Waals surface area contributed by atoms with E-state index in [1.165, 1.54) is 11.4 Å². The Hall–Kier alpha value is -0.350. The maximum Gasteiger partial charge on any atom is 0.0515 e. The number of anilines is 2. The third-order valence-electron chi connectivity index (χ3n) is 3.17. The summed E-state index contributed by atoms with van der Waals surface area (Å²) in [5.41, 5.74) is 7.83. The zero-order valence-corrected chi connectivity index (χ0v) is 12.0. The van der Waals surface area contributed by atoms with Crippen molar-refractivity contribution in [3.05, 3.63) is 22.7 Å². The molecule has 2 atom stereocenters. The van der Waals surface area contributed by atoms with E-state index in [9.17, 15) is 0 Å². The first-order valence-electron chi connectivity index (χ1n) is 5.53. The van der Waals surface area contributed by atoms with Crippen molar-refractivity contribution in [1.29, 1.82) is 0 Å². The quantitative estimate of drug-likeness (QED) is 0.807. The second-order valence-electron chi connectivity index (χ2n) is 4.22. The number of nitrogens with two attached hydrogens (primary N) is 1. The zero-order chi connectivity index (χ0) is 11.7.